The maximum atomic E-state index is 13.9. The molecule has 2 aromatic rings. The lowest BCUT2D eigenvalue weighted by Crippen LogP contribution is -2.47. The third-order valence-corrected chi connectivity index (χ3v) is 8.22. The second kappa shape index (κ2) is 11.3. The third-order valence-electron chi connectivity index (χ3n) is 7.60. The Morgan fingerprint density at radius 1 is 1.11 bits per heavy atom. The molecule has 3 aliphatic rings. The van der Waals surface area contributed by atoms with Gasteiger partial charge in [-0.15, -0.1) is 21.8 Å². The zero-order valence-electron chi connectivity index (χ0n) is 20.3. The Balaban J connectivity index is 1.29. The quantitative estimate of drug-likeness (QED) is 0.460. The number of alkyl halides is 1. The number of nitrogen functional groups attached to an aromatic ring is 1. The van der Waals surface area contributed by atoms with Crippen molar-refractivity contribution in [2.24, 2.45) is 5.92 Å². The molecular formula is C26H33Cl2N7O. The number of hydrogen-bond donors (Lipinski definition) is 2. The minimum Gasteiger partial charge on any atom is -0.382 e. The first-order valence-corrected chi connectivity index (χ1v) is 13.6. The highest BCUT2D eigenvalue weighted by Crippen LogP contribution is 2.36. The van der Waals surface area contributed by atoms with Crippen LogP contribution >= 0.6 is 23.2 Å². The average Bonchev–Trinajstić information content (AvgIpc) is 3.31. The van der Waals surface area contributed by atoms with Crippen LogP contribution in [0.4, 0.5) is 11.6 Å². The molecule has 0 radical (unpaired) electrons. The van der Waals surface area contributed by atoms with E-state index in [-0.39, 0.29) is 23.1 Å². The molecule has 1 aliphatic carbocycles. The average molecular weight is 531 g/mol. The molecule has 3 N–H and O–H groups in total. The first kappa shape index (κ1) is 25.2. The molecule has 3 unspecified atom stereocenters. The fourth-order valence-corrected chi connectivity index (χ4v) is 5.95. The normalized spacial score (nSPS) is 27.3. The molecule has 2 aliphatic heterocycles. The topological polar surface area (TPSA) is 100 Å². The predicted molar refractivity (Wildman–Crippen MR) is 143 cm³/mol. The highest BCUT2D eigenvalue weighted by molar-refractivity contribution is 6.30. The number of rotatable bonds is 4. The number of carbonyl (C=O) groups is 1. The van der Waals surface area contributed by atoms with Gasteiger partial charge in [0, 0.05) is 62.0 Å². The van der Waals surface area contributed by atoms with E-state index in [4.69, 9.17) is 28.9 Å². The summed E-state index contributed by atoms with van der Waals surface area (Å²) < 4.78 is 0. The number of aromatic nitrogens is 3. The van der Waals surface area contributed by atoms with Crippen molar-refractivity contribution in [3.63, 3.8) is 0 Å². The van der Waals surface area contributed by atoms with Crippen molar-refractivity contribution < 1.29 is 4.79 Å². The number of carbonyl (C=O) groups excluding carboxylic acids is 1. The van der Waals surface area contributed by atoms with E-state index < -0.39 is 0 Å². The van der Waals surface area contributed by atoms with E-state index in [1.807, 2.05) is 23.1 Å². The number of nitrogens with two attached hydrogens (primary N) is 1. The van der Waals surface area contributed by atoms with E-state index in [0.717, 1.165) is 56.7 Å². The summed E-state index contributed by atoms with van der Waals surface area (Å²) >= 11 is 12.4. The first-order chi connectivity index (χ1) is 17.5. The van der Waals surface area contributed by atoms with Crippen LogP contribution < -0.4 is 16.0 Å². The van der Waals surface area contributed by atoms with Crippen molar-refractivity contribution in [2.75, 3.05) is 43.4 Å². The summed E-state index contributed by atoms with van der Waals surface area (Å²) in [6.07, 6.45) is 9.04. The van der Waals surface area contributed by atoms with Crippen molar-refractivity contribution in [1.29, 1.82) is 0 Å². The third kappa shape index (κ3) is 5.76. The van der Waals surface area contributed by atoms with Crippen LogP contribution in [0.2, 0.25) is 5.02 Å². The summed E-state index contributed by atoms with van der Waals surface area (Å²) in [5, 5.41) is 12.8. The molecule has 10 heteroatoms. The largest absolute Gasteiger partial charge is 0.382 e. The Kier molecular flexibility index (Phi) is 7.93. The fourth-order valence-electron chi connectivity index (χ4n) is 5.64. The Morgan fingerprint density at radius 3 is 2.72 bits per heavy atom. The molecule has 1 amide bonds. The standard InChI is InChI=1S/C26H33Cl2N7O/c27-18-5-3-17(4-6-18)22-2-1-12-34(13-11-30-22)26(36)21-16-35(25-10-9-24(29)32-33-25)15-20(21)23-8-7-19(28)14-31-23/h3,7-10,14,18,20-22,30H,1-2,4-6,11-13,15-16H2,(H2,29,32)/t18?,20-,21?,22?/m1/s1. The van der Waals surface area contributed by atoms with E-state index in [1.165, 1.54) is 5.57 Å². The Hall–Kier alpha value is -2.42. The molecule has 2 saturated heterocycles. The number of pyridine rings is 1. The number of anilines is 2. The maximum absolute atomic E-state index is 13.9. The van der Waals surface area contributed by atoms with Crippen LogP contribution in [0.1, 0.15) is 43.7 Å². The van der Waals surface area contributed by atoms with Gasteiger partial charge in [0.1, 0.15) is 5.82 Å². The minimum atomic E-state index is -0.227. The Morgan fingerprint density at radius 2 is 2.00 bits per heavy atom. The summed E-state index contributed by atoms with van der Waals surface area (Å²) in [7, 11) is 0. The summed E-state index contributed by atoms with van der Waals surface area (Å²) in [6.45, 7) is 3.43. The molecule has 8 nitrogen and oxygen atoms in total. The second-order valence-electron chi connectivity index (χ2n) is 9.96. The van der Waals surface area contributed by atoms with E-state index >= 15 is 0 Å². The van der Waals surface area contributed by atoms with Gasteiger partial charge in [0.15, 0.2) is 5.82 Å². The van der Waals surface area contributed by atoms with Gasteiger partial charge < -0.3 is 20.9 Å². The number of halogens is 2. The van der Waals surface area contributed by atoms with E-state index in [9.17, 15) is 4.79 Å². The van der Waals surface area contributed by atoms with Gasteiger partial charge in [-0.2, -0.15) is 0 Å². The van der Waals surface area contributed by atoms with E-state index in [1.54, 1.807) is 12.3 Å². The molecule has 2 fully saturated rings. The van der Waals surface area contributed by atoms with Crippen molar-refractivity contribution in [3.8, 4) is 0 Å². The highest BCUT2D eigenvalue weighted by atomic mass is 35.5. The molecular weight excluding hydrogens is 497 g/mol. The van der Waals surface area contributed by atoms with Crippen LogP contribution in [0.5, 0.6) is 0 Å². The Labute approximate surface area is 222 Å². The Bertz CT molecular complexity index is 1070. The lowest BCUT2D eigenvalue weighted by molar-refractivity contribution is -0.135. The number of nitrogens with zero attached hydrogens (tertiary/aromatic N) is 5. The second-order valence-corrected chi connectivity index (χ2v) is 11.0. The van der Waals surface area contributed by atoms with Crippen molar-refractivity contribution in [1.82, 2.24) is 25.4 Å². The molecule has 0 spiro atoms. The SMILES string of the molecule is Nc1ccc(N2CC(C(=O)N3CCCC(C4=CCC(Cl)CC4)NCC3)[C@H](c3ccc(Cl)cn3)C2)nn1. The van der Waals surface area contributed by atoms with E-state index in [2.05, 4.69) is 31.5 Å². The van der Waals surface area contributed by atoms with Gasteiger partial charge in [-0.05, 0) is 56.4 Å². The van der Waals surface area contributed by atoms with Gasteiger partial charge in [0.25, 0.3) is 0 Å². The molecule has 0 aromatic carbocycles. The molecule has 0 saturated carbocycles. The van der Waals surface area contributed by atoms with Gasteiger partial charge in [-0.1, -0.05) is 23.3 Å². The molecule has 4 heterocycles. The van der Waals surface area contributed by atoms with Crippen LogP contribution in [0.3, 0.4) is 0 Å². The van der Waals surface area contributed by atoms with Gasteiger partial charge in [-0.3, -0.25) is 9.78 Å². The molecule has 5 rings (SSSR count). The first-order valence-electron chi connectivity index (χ1n) is 12.8. The molecule has 2 aromatic heterocycles. The number of hydrogen-bond acceptors (Lipinski definition) is 7. The highest BCUT2D eigenvalue weighted by Gasteiger charge is 2.42. The van der Waals surface area contributed by atoms with Crippen LogP contribution in [-0.2, 0) is 4.79 Å². The molecule has 36 heavy (non-hydrogen) atoms. The van der Waals surface area contributed by atoms with Crippen molar-refractivity contribution >= 4 is 40.7 Å². The summed E-state index contributed by atoms with van der Waals surface area (Å²) in [5.41, 5.74) is 8.09. The summed E-state index contributed by atoms with van der Waals surface area (Å²) in [5.74, 6) is 0.978. The lowest BCUT2D eigenvalue weighted by Gasteiger charge is -2.33. The lowest BCUT2D eigenvalue weighted by atomic mass is 9.89. The summed E-state index contributed by atoms with van der Waals surface area (Å²) in [6, 6.07) is 7.75. The zero-order valence-corrected chi connectivity index (χ0v) is 21.8. The zero-order chi connectivity index (χ0) is 25.1. The van der Waals surface area contributed by atoms with Gasteiger partial charge >= 0.3 is 0 Å². The predicted octanol–water partition coefficient (Wildman–Crippen LogP) is 3.63. The van der Waals surface area contributed by atoms with Crippen LogP contribution in [-0.4, -0.2) is 70.1 Å². The smallest absolute Gasteiger partial charge is 0.228 e. The fraction of sp³-hybridized carbons (Fsp3) is 0.538. The molecule has 4 atom stereocenters. The minimum absolute atomic E-state index is 0.0591. The molecule has 0 bridgehead atoms. The van der Waals surface area contributed by atoms with Gasteiger partial charge in [0.05, 0.1) is 10.9 Å². The maximum Gasteiger partial charge on any atom is 0.228 e. The van der Waals surface area contributed by atoms with E-state index in [0.29, 0.717) is 36.5 Å². The number of nitrogens with one attached hydrogen (secondary N) is 1. The van der Waals surface area contributed by atoms with Crippen molar-refractivity contribution in [2.45, 2.75) is 49.4 Å². The monoisotopic (exact) mass is 529 g/mol. The van der Waals surface area contributed by atoms with Crippen LogP contribution in [0.15, 0.2) is 42.1 Å². The number of allylic oxidation sites excluding steroid dienone is 1. The molecule has 192 valence electrons. The van der Waals surface area contributed by atoms with Crippen molar-refractivity contribution in [3.05, 3.63) is 52.8 Å². The summed E-state index contributed by atoms with van der Waals surface area (Å²) in [4.78, 5) is 22.6. The van der Waals surface area contributed by atoms with Crippen LogP contribution in [0.25, 0.3) is 0 Å². The van der Waals surface area contributed by atoms with Gasteiger partial charge in [0.2, 0.25) is 5.91 Å². The van der Waals surface area contributed by atoms with Gasteiger partial charge in [-0.25, -0.2) is 0 Å². The van der Waals surface area contributed by atoms with Crippen LogP contribution in [0, 0.1) is 5.92 Å². The number of amides is 1.